The lowest BCUT2D eigenvalue weighted by Crippen LogP contribution is -2.49. The third-order valence-electron chi connectivity index (χ3n) is 8.08. The van der Waals surface area contributed by atoms with Crippen molar-refractivity contribution < 1.29 is 19.1 Å². The minimum Gasteiger partial charge on any atom is -0.491 e. The van der Waals surface area contributed by atoms with Crippen molar-refractivity contribution in [3.05, 3.63) is 29.8 Å². The average molecular weight is 470 g/mol. The zero-order valence-electron chi connectivity index (χ0n) is 20.5. The highest BCUT2D eigenvalue weighted by Crippen LogP contribution is 2.38. The van der Waals surface area contributed by atoms with Crippen molar-refractivity contribution in [2.45, 2.75) is 64.2 Å². The molecule has 1 saturated heterocycles. The molecule has 7 nitrogen and oxygen atoms in total. The molecule has 0 spiro atoms. The summed E-state index contributed by atoms with van der Waals surface area (Å²) in [6, 6.07) is 7.36. The van der Waals surface area contributed by atoms with Crippen molar-refractivity contribution in [2.75, 3.05) is 39.8 Å². The molecule has 1 aromatic carbocycles. The van der Waals surface area contributed by atoms with Gasteiger partial charge in [0, 0.05) is 33.1 Å². The molecule has 1 aliphatic carbocycles. The lowest BCUT2D eigenvalue weighted by Gasteiger charge is -2.40. The second-order valence-corrected chi connectivity index (χ2v) is 10.2. The quantitative estimate of drug-likeness (QED) is 0.733. The van der Waals surface area contributed by atoms with Gasteiger partial charge in [-0.3, -0.25) is 14.4 Å². The van der Waals surface area contributed by atoms with Crippen molar-refractivity contribution in [3.63, 3.8) is 0 Å². The number of rotatable bonds is 3. The maximum absolute atomic E-state index is 13.3. The summed E-state index contributed by atoms with van der Waals surface area (Å²) in [6.45, 7) is 2.69. The van der Waals surface area contributed by atoms with Crippen LogP contribution in [0.5, 0.6) is 5.75 Å². The van der Waals surface area contributed by atoms with Gasteiger partial charge in [0.1, 0.15) is 12.4 Å². The number of amides is 3. The molecule has 34 heavy (non-hydrogen) atoms. The molecule has 3 amide bonds. The zero-order valence-corrected chi connectivity index (χ0v) is 20.5. The Labute approximate surface area is 203 Å². The van der Waals surface area contributed by atoms with Gasteiger partial charge in [0.25, 0.3) is 5.91 Å². The highest BCUT2D eigenvalue weighted by molar-refractivity contribution is 5.97. The number of ether oxygens (including phenoxy) is 1. The standard InChI is InChI=1S/C27H39N3O4/c1-28-26(33)27-12-6-7-15-29(24(31)20-21-8-2-3-9-21)18-19-34-23-11-5-4-10-22(23)25(32)30(16-13-27)17-14-27/h4-5,10-11,21H,2-3,6-9,12-20H2,1H3,(H,28,33). The third kappa shape index (κ3) is 5.56. The van der Waals surface area contributed by atoms with E-state index in [0.29, 0.717) is 69.3 Å². The fourth-order valence-corrected chi connectivity index (χ4v) is 5.92. The number of fused-ring (bicyclic) bond motifs is 9. The van der Waals surface area contributed by atoms with Gasteiger partial charge in [-0.25, -0.2) is 0 Å². The molecule has 0 radical (unpaired) electrons. The molecule has 0 aromatic heterocycles. The molecule has 1 saturated carbocycles. The van der Waals surface area contributed by atoms with Gasteiger partial charge in [-0.1, -0.05) is 31.4 Å². The molecule has 3 aliphatic heterocycles. The molecule has 2 fully saturated rings. The van der Waals surface area contributed by atoms with Crippen molar-refractivity contribution in [1.82, 2.24) is 15.1 Å². The Morgan fingerprint density at radius 1 is 1.00 bits per heavy atom. The first-order valence-electron chi connectivity index (χ1n) is 13.0. The normalized spacial score (nSPS) is 21.9. The van der Waals surface area contributed by atoms with E-state index in [4.69, 9.17) is 4.74 Å². The van der Waals surface area contributed by atoms with Crippen molar-refractivity contribution in [2.24, 2.45) is 11.3 Å². The number of hydrogen-bond acceptors (Lipinski definition) is 4. The van der Waals surface area contributed by atoms with Crippen LogP contribution in [0.3, 0.4) is 0 Å². The molecule has 5 rings (SSSR count). The molecule has 4 aliphatic rings. The minimum atomic E-state index is -0.444. The summed E-state index contributed by atoms with van der Waals surface area (Å²) in [5.74, 6) is 1.29. The van der Waals surface area contributed by atoms with E-state index in [1.165, 1.54) is 12.8 Å². The Hall–Kier alpha value is -2.57. The Morgan fingerprint density at radius 2 is 1.74 bits per heavy atom. The van der Waals surface area contributed by atoms with Crippen molar-refractivity contribution in [3.8, 4) is 5.75 Å². The molecule has 1 aromatic rings. The van der Waals surface area contributed by atoms with Gasteiger partial charge in [-0.05, 0) is 56.6 Å². The summed E-state index contributed by atoms with van der Waals surface area (Å²) >= 11 is 0. The van der Waals surface area contributed by atoms with Crippen LogP contribution in [0.25, 0.3) is 0 Å². The summed E-state index contributed by atoms with van der Waals surface area (Å²) in [4.78, 5) is 43.1. The Bertz CT molecular complexity index is 872. The number of nitrogens with zero attached hydrogens (tertiary/aromatic N) is 2. The van der Waals surface area contributed by atoms with Crippen LogP contribution in [-0.4, -0.2) is 67.4 Å². The second-order valence-electron chi connectivity index (χ2n) is 10.2. The first kappa shape index (κ1) is 24.6. The lowest BCUT2D eigenvalue weighted by molar-refractivity contribution is -0.134. The molecule has 186 valence electrons. The topological polar surface area (TPSA) is 79.0 Å². The number of piperidine rings is 1. The first-order valence-corrected chi connectivity index (χ1v) is 13.0. The molecule has 7 heteroatoms. The van der Waals surface area contributed by atoms with Gasteiger partial charge in [0.15, 0.2) is 0 Å². The smallest absolute Gasteiger partial charge is 0.257 e. The molecule has 3 heterocycles. The average Bonchev–Trinajstić information content (AvgIpc) is 3.37. The third-order valence-corrected chi connectivity index (χ3v) is 8.08. The van der Waals surface area contributed by atoms with Crippen LogP contribution in [0.4, 0.5) is 0 Å². The van der Waals surface area contributed by atoms with Gasteiger partial charge in [0.2, 0.25) is 11.8 Å². The summed E-state index contributed by atoms with van der Waals surface area (Å²) in [5.41, 5.74) is 0.106. The second kappa shape index (κ2) is 11.2. The van der Waals surface area contributed by atoms with Gasteiger partial charge >= 0.3 is 0 Å². The number of nitrogens with one attached hydrogen (secondary N) is 1. The van der Waals surface area contributed by atoms with Crippen LogP contribution in [0.1, 0.15) is 74.6 Å². The number of carbonyl (C=O) groups is 3. The van der Waals surface area contributed by atoms with Crippen LogP contribution >= 0.6 is 0 Å². The largest absolute Gasteiger partial charge is 0.491 e. The maximum atomic E-state index is 13.3. The van der Waals surface area contributed by atoms with Crippen LogP contribution in [0, 0.1) is 11.3 Å². The monoisotopic (exact) mass is 469 g/mol. The highest BCUT2D eigenvalue weighted by atomic mass is 16.5. The van der Waals surface area contributed by atoms with Crippen molar-refractivity contribution in [1.29, 1.82) is 0 Å². The van der Waals surface area contributed by atoms with Crippen LogP contribution in [0.15, 0.2) is 24.3 Å². The minimum absolute atomic E-state index is 0.0508. The van der Waals surface area contributed by atoms with Gasteiger partial charge in [-0.15, -0.1) is 0 Å². The molecular formula is C27H39N3O4. The molecular weight excluding hydrogens is 430 g/mol. The lowest BCUT2D eigenvalue weighted by atomic mass is 9.73. The zero-order chi connectivity index (χ0) is 24.0. The molecule has 0 atom stereocenters. The van der Waals surface area contributed by atoms with Crippen LogP contribution < -0.4 is 10.1 Å². The van der Waals surface area contributed by atoms with Crippen LogP contribution in [0.2, 0.25) is 0 Å². The van der Waals surface area contributed by atoms with Gasteiger partial charge < -0.3 is 19.9 Å². The predicted octanol–water partition coefficient (Wildman–Crippen LogP) is 3.63. The molecule has 1 N–H and O–H groups in total. The summed E-state index contributed by atoms with van der Waals surface area (Å²) in [7, 11) is 1.70. The van der Waals surface area contributed by atoms with Crippen molar-refractivity contribution >= 4 is 17.7 Å². The Balaban J connectivity index is 1.53. The van der Waals surface area contributed by atoms with Gasteiger partial charge in [-0.2, -0.15) is 0 Å². The fraction of sp³-hybridized carbons (Fsp3) is 0.667. The number of hydrogen-bond donors (Lipinski definition) is 1. The Kier molecular flexibility index (Phi) is 8.11. The van der Waals surface area contributed by atoms with Gasteiger partial charge in [0.05, 0.1) is 17.5 Å². The van der Waals surface area contributed by atoms with E-state index in [0.717, 1.165) is 32.1 Å². The van der Waals surface area contributed by atoms with E-state index in [9.17, 15) is 14.4 Å². The van der Waals surface area contributed by atoms with E-state index < -0.39 is 5.41 Å². The molecule has 0 unspecified atom stereocenters. The highest BCUT2D eigenvalue weighted by Gasteiger charge is 2.41. The molecule has 2 bridgehead atoms. The van der Waals surface area contributed by atoms with Crippen LogP contribution in [-0.2, 0) is 9.59 Å². The summed E-state index contributed by atoms with van der Waals surface area (Å²) < 4.78 is 6.06. The first-order chi connectivity index (χ1) is 16.5. The van der Waals surface area contributed by atoms with E-state index in [1.54, 1.807) is 13.1 Å². The maximum Gasteiger partial charge on any atom is 0.257 e. The fourth-order valence-electron chi connectivity index (χ4n) is 5.92. The number of carbonyl (C=O) groups excluding carboxylic acids is 3. The number of benzene rings is 1. The SMILES string of the molecule is CNC(=O)C12CCCCN(C(=O)CC3CCCC3)CCOc3ccccc3C(=O)N(CC1)CC2. The van der Waals surface area contributed by atoms with E-state index in [-0.39, 0.29) is 17.7 Å². The van der Waals surface area contributed by atoms with E-state index in [1.807, 2.05) is 28.0 Å². The predicted molar refractivity (Wildman–Crippen MR) is 131 cm³/mol. The summed E-state index contributed by atoms with van der Waals surface area (Å²) in [6.07, 6.45) is 9.22. The number of para-hydroxylation sites is 1. The van der Waals surface area contributed by atoms with E-state index >= 15 is 0 Å². The Morgan fingerprint density at radius 3 is 2.47 bits per heavy atom. The van der Waals surface area contributed by atoms with E-state index in [2.05, 4.69) is 5.32 Å². The summed E-state index contributed by atoms with van der Waals surface area (Å²) in [5, 5.41) is 2.86.